The zero-order chi connectivity index (χ0) is 21.9. The van der Waals surface area contributed by atoms with Crippen molar-refractivity contribution in [1.29, 1.82) is 0 Å². The van der Waals surface area contributed by atoms with Gasteiger partial charge in [-0.05, 0) is 42.9 Å². The molecule has 1 aromatic carbocycles. The van der Waals surface area contributed by atoms with Crippen molar-refractivity contribution in [3.8, 4) is 11.5 Å². The maximum Gasteiger partial charge on any atom is 0.243 e. The maximum absolute atomic E-state index is 11.9. The van der Waals surface area contributed by atoms with E-state index in [-0.39, 0.29) is 42.5 Å². The van der Waals surface area contributed by atoms with Gasteiger partial charge >= 0.3 is 0 Å². The summed E-state index contributed by atoms with van der Waals surface area (Å²) in [5.74, 6) is 2.41. The smallest absolute Gasteiger partial charge is 0.243 e. The average molecular weight is 548 g/mol. The number of likely N-dealkylation sites (N-methyl/N-ethyl adjacent to an activating group) is 1. The normalized spacial score (nSPS) is 16.8. The van der Waals surface area contributed by atoms with Crippen LogP contribution in [0.3, 0.4) is 0 Å². The minimum atomic E-state index is -0.0356. The zero-order valence-corrected chi connectivity index (χ0v) is 21.6. The van der Waals surface area contributed by atoms with Gasteiger partial charge in [0.15, 0.2) is 17.5 Å². The van der Waals surface area contributed by atoms with Crippen molar-refractivity contribution in [3.05, 3.63) is 23.8 Å². The average Bonchev–Trinajstić information content (AvgIpc) is 3.26. The molecule has 176 valence electrons. The maximum atomic E-state index is 11.9. The van der Waals surface area contributed by atoms with Crippen molar-refractivity contribution in [2.75, 3.05) is 54.6 Å². The molecule has 0 spiro atoms. The largest absolute Gasteiger partial charge is 0.493 e. The Kier molecular flexibility index (Phi) is 12.6. The van der Waals surface area contributed by atoms with Gasteiger partial charge in [-0.1, -0.05) is 13.0 Å². The lowest BCUT2D eigenvalue weighted by Crippen LogP contribution is -2.43. The number of hydrogen-bond donors (Lipinski definition) is 2. The van der Waals surface area contributed by atoms with Crippen LogP contribution in [0.2, 0.25) is 0 Å². The summed E-state index contributed by atoms with van der Waals surface area (Å²) < 4.78 is 16.4. The quantitative estimate of drug-likeness (QED) is 0.265. The highest BCUT2D eigenvalue weighted by molar-refractivity contribution is 14.0. The molecule has 8 nitrogen and oxygen atoms in total. The Hall–Kier alpha value is -1.75. The molecule has 1 aromatic rings. The van der Waals surface area contributed by atoms with E-state index in [0.717, 1.165) is 43.9 Å². The van der Waals surface area contributed by atoms with E-state index in [1.54, 1.807) is 33.2 Å². The van der Waals surface area contributed by atoms with Gasteiger partial charge < -0.3 is 29.7 Å². The zero-order valence-electron chi connectivity index (χ0n) is 19.3. The Balaban J connectivity index is 0.00000480. The fraction of sp³-hybridized carbons (Fsp3) is 0.636. The van der Waals surface area contributed by atoms with Crippen molar-refractivity contribution in [1.82, 2.24) is 15.5 Å². The van der Waals surface area contributed by atoms with Crippen molar-refractivity contribution in [3.63, 3.8) is 0 Å². The second-order valence-electron chi connectivity index (χ2n) is 7.85. The van der Waals surface area contributed by atoms with Crippen LogP contribution in [-0.4, -0.2) is 77.4 Å². The number of halogens is 1. The number of benzene rings is 1. The molecular weight excluding hydrogens is 511 g/mol. The van der Waals surface area contributed by atoms with Crippen LogP contribution < -0.4 is 20.1 Å². The summed E-state index contributed by atoms with van der Waals surface area (Å²) >= 11 is 0. The molecule has 2 N–H and O–H groups in total. The third-order valence-corrected chi connectivity index (χ3v) is 5.04. The van der Waals surface area contributed by atoms with E-state index in [2.05, 4.69) is 28.6 Å². The molecule has 9 heteroatoms. The molecule has 1 saturated heterocycles. The van der Waals surface area contributed by atoms with Crippen molar-refractivity contribution < 1.29 is 19.0 Å². The molecule has 2 atom stereocenters. The molecule has 0 bridgehead atoms. The number of carbonyl (C=O) groups is 1. The number of hydrogen-bond acceptors (Lipinski definition) is 5. The van der Waals surface area contributed by atoms with Crippen molar-refractivity contribution >= 4 is 35.8 Å². The summed E-state index contributed by atoms with van der Waals surface area (Å²) in [7, 11) is 6.74. The lowest BCUT2D eigenvalue weighted by atomic mass is 10.0. The molecule has 2 unspecified atom stereocenters. The summed E-state index contributed by atoms with van der Waals surface area (Å²) in [5, 5.41) is 6.68. The molecular formula is C22H37IN4O4. The summed E-state index contributed by atoms with van der Waals surface area (Å²) in [6.45, 7) is 4.51. The molecule has 0 aliphatic carbocycles. The number of nitrogens with one attached hydrogen (secondary N) is 2. The number of amides is 1. The van der Waals surface area contributed by atoms with E-state index in [9.17, 15) is 4.79 Å². The van der Waals surface area contributed by atoms with Crippen LogP contribution in [0.4, 0.5) is 0 Å². The van der Waals surface area contributed by atoms with Gasteiger partial charge in [-0.15, -0.1) is 24.0 Å². The molecule has 1 aliphatic rings. The number of guanidine groups is 1. The third-order valence-electron chi connectivity index (χ3n) is 5.04. The third kappa shape index (κ3) is 9.51. The molecule has 1 aliphatic heterocycles. The summed E-state index contributed by atoms with van der Waals surface area (Å²) in [5.41, 5.74) is 1.18. The van der Waals surface area contributed by atoms with Gasteiger partial charge in [-0.2, -0.15) is 0 Å². The van der Waals surface area contributed by atoms with E-state index in [0.29, 0.717) is 18.4 Å². The summed E-state index contributed by atoms with van der Waals surface area (Å²) in [4.78, 5) is 17.9. The van der Waals surface area contributed by atoms with Gasteiger partial charge in [0.1, 0.15) is 6.54 Å². The summed E-state index contributed by atoms with van der Waals surface area (Å²) in [6, 6.07) is 5.99. The van der Waals surface area contributed by atoms with Crippen LogP contribution in [0.25, 0.3) is 0 Å². The monoisotopic (exact) mass is 548 g/mol. The predicted molar refractivity (Wildman–Crippen MR) is 134 cm³/mol. The van der Waals surface area contributed by atoms with Gasteiger partial charge in [-0.25, -0.2) is 4.99 Å². The summed E-state index contributed by atoms with van der Waals surface area (Å²) in [6.07, 6.45) is 3.22. The number of aliphatic imine (C=N–C) groups is 1. The van der Waals surface area contributed by atoms with Crippen molar-refractivity contribution in [2.24, 2.45) is 10.9 Å². The van der Waals surface area contributed by atoms with Crippen LogP contribution in [0, 0.1) is 5.92 Å². The Labute approximate surface area is 203 Å². The Bertz CT molecular complexity index is 709. The van der Waals surface area contributed by atoms with Gasteiger partial charge in [0, 0.05) is 33.8 Å². The first-order chi connectivity index (χ1) is 14.4. The van der Waals surface area contributed by atoms with Crippen LogP contribution in [0.1, 0.15) is 25.3 Å². The molecule has 1 fully saturated rings. The lowest BCUT2D eigenvalue weighted by molar-refractivity contribution is -0.127. The Morgan fingerprint density at radius 1 is 1.26 bits per heavy atom. The van der Waals surface area contributed by atoms with Gasteiger partial charge in [0.2, 0.25) is 5.91 Å². The Morgan fingerprint density at radius 3 is 2.61 bits per heavy atom. The number of methoxy groups -OCH3 is 2. The molecule has 0 radical (unpaired) electrons. The fourth-order valence-electron chi connectivity index (χ4n) is 3.23. The highest BCUT2D eigenvalue weighted by Gasteiger charge is 2.16. The number of ether oxygens (including phenoxy) is 3. The van der Waals surface area contributed by atoms with Crippen LogP contribution >= 0.6 is 24.0 Å². The SMILES string of the molecule is COc1ccc(CC(C)CNC(=NCC(=O)N(C)C)NCC2CCCO2)cc1OC.I. The van der Waals surface area contributed by atoms with Crippen LogP contribution in [-0.2, 0) is 16.0 Å². The molecule has 2 rings (SSSR count). The highest BCUT2D eigenvalue weighted by atomic mass is 127. The van der Waals surface area contributed by atoms with E-state index >= 15 is 0 Å². The fourth-order valence-corrected chi connectivity index (χ4v) is 3.23. The standard InChI is InChI=1S/C22H36N4O4.HI/c1-16(11-17-8-9-19(28-4)20(12-17)29-5)13-23-22(25-15-21(27)26(2)3)24-14-18-7-6-10-30-18;/h8-9,12,16,18H,6-7,10-11,13-15H2,1-5H3,(H2,23,24,25);1H. The molecule has 0 aromatic heterocycles. The first-order valence-corrected chi connectivity index (χ1v) is 10.5. The minimum absolute atomic E-state index is 0. The molecule has 1 amide bonds. The Morgan fingerprint density at radius 2 is 2.00 bits per heavy atom. The van der Waals surface area contributed by atoms with E-state index in [4.69, 9.17) is 14.2 Å². The van der Waals surface area contributed by atoms with E-state index in [1.807, 2.05) is 12.1 Å². The van der Waals surface area contributed by atoms with Gasteiger partial charge in [-0.3, -0.25) is 4.79 Å². The topological polar surface area (TPSA) is 84.4 Å². The number of rotatable bonds is 10. The second-order valence-corrected chi connectivity index (χ2v) is 7.85. The highest BCUT2D eigenvalue weighted by Crippen LogP contribution is 2.28. The molecule has 31 heavy (non-hydrogen) atoms. The minimum Gasteiger partial charge on any atom is -0.493 e. The van der Waals surface area contributed by atoms with E-state index < -0.39 is 0 Å². The van der Waals surface area contributed by atoms with Gasteiger partial charge in [0.25, 0.3) is 0 Å². The second kappa shape index (κ2) is 14.3. The number of nitrogens with zero attached hydrogens (tertiary/aromatic N) is 2. The van der Waals surface area contributed by atoms with Crippen LogP contribution in [0.15, 0.2) is 23.2 Å². The van der Waals surface area contributed by atoms with E-state index in [1.165, 1.54) is 5.56 Å². The first-order valence-electron chi connectivity index (χ1n) is 10.5. The van der Waals surface area contributed by atoms with Gasteiger partial charge in [0.05, 0.1) is 20.3 Å². The van der Waals surface area contributed by atoms with Crippen molar-refractivity contribution in [2.45, 2.75) is 32.3 Å². The number of carbonyl (C=O) groups excluding carboxylic acids is 1. The lowest BCUT2D eigenvalue weighted by Gasteiger charge is -2.19. The molecule has 0 saturated carbocycles. The predicted octanol–water partition coefficient (Wildman–Crippen LogP) is 2.30. The van der Waals surface area contributed by atoms with Crippen LogP contribution in [0.5, 0.6) is 11.5 Å². The first kappa shape index (κ1) is 27.3. The molecule has 1 heterocycles.